The normalized spacial score (nSPS) is 33.0. The molecule has 6 heteroatoms. The quantitative estimate of drug-likeness (QED) is 0.573. The molecule has 3 rings (SSSR count). The highest BCUT2D eigenvalue weighted by molar-refractivity contribution is 5.82. The van der Waals surface area contributed by atoms with Crippen LogP contribution in [-0.4, -0.2) is 54.5 Å². The van der Waals surface area contributed by atoms with E-state index in [-0.39, 0.29) is 18.2 Å². The number of likely N-dealkylation sites (tertiary alicyclic amines) is 1. The van der Waals surface area contributed by atoms with Gasteiger partial charge in [0, 0.05) is 6.54 Å². The van der Waals surface area contributed by atoms with Gasteiger partial charge in [0.05, 0.1) is 19.1 Å². The number of hydrogen-bond donors (Lipinski definition) is 0. The molecule has 2 heterocycles. The highest BCUT2D eigenvalue weighted by atomic mass is 16.6. The van der Waals surface area contributed by atoms with E-state index in [0.717, 1.165) is 12.8 Å². The molecule has 2 saturated heterocycles. The number of rotatable bonds is 2. The molecule has 2 atom stereocenters. The Hall–Kier alpha value is -1.30. The number of nitrogens with zero attached hydrogens (tertiary/aromatic N) is 1. The van der Waals surface area contributed by atoms with E-state index in [9.17, 15) is 9.59 Å². The second-order valence-electron chi connectivity index (χ2n) is 7.25. The average Bonchev–Trinajstić information content (AvgIpc) is 3.26. The number of piperidine rings is 1. The van der Waals surface area contributed by atoms with Gasteiger partial charge in [-0.3, -0.25) is 4.79 Å². The molecule has 6 nitrogen and oxygen atoms in total. The summed E-state index contributed by atoms with van der Waals surface area (Å²) >= 11 is 0. The Morgan fingerprint density at radius 1 is 1.24 bits per heavy atom. The molecule has 0 bridgehead atoms. The summed E-state index contributed by atoms with van der Waals surface area (Å²) in [7, 11) is 1.42. The number of carbonyl (C=O) groups is 2. The summed E-state index contributed by atoms with van der Waals surface area (Å²) in [6.45, 7) is 6.60. The zero-order valence-electron chi connectivity index (χ0n) is 13.1. The Morgan fingerprint density at radius 2 is 1.90 bits per heavy atom. The fraction of sp³-hybridized carbons (Fsp3) is 0.867. The molecule has 1 saturated carbocycles. The minimum atomic E-state index is -0.500. The molecule has 3 fully saturated rings. The van der Waals surface area contributed by atoms with Gasteiger partial charge in [0.1, 0.15) is 17.3 Å². The smallest absolute Gasteiger partial charge is 0.410 e. The zero-order chi connectivity index (χ0) is 15.5. The highest BCUT2D eigenvalue weighted by Gasteiger charge is 2.78. The van der Waals surface area contributed by atoms with Crippen molar-refractivity contribution in [1.82, 2.24) is 4.90 Å². The lowest BCUT2D eigenvalue weighted by atomic mass is 9.81. The Balaban J connectivity index is 1.64. The van der Waals surface area contributed by atoms with Crippen LogP contribution in [0.4, 0.5) is 4.79 Å². The van der Waals surface area contributed by atoms with E-state index in [1.807, 2.05) is 20.8 Å². The van der Waals surface area contributed by atoms with E-state index in [1.54, 1.807) is 4.90 Å². The SMILES string of the molecule is COC(=O)C1(C23CCN(C(=O)OC(C)(C)C)CC2O3)CC1. The van der Waals surface area contributed by atoms with Crippen LogP contribution >= 0.6 is 0 Å². The van der Waals surface area contributed by atoms with Gasteiger partial charge in [0.2, 0.25) is 0 Å². The van der Waals surface area contributed by atoms with Crippen molar-refractivity contribution in [2.75, 3.05) is 20.2 Å². The molecule has 3 aliphatic rings. The van der Waals surface area contributed by atoms with Gasteiger partial charge in [-0.25, -0.2) is 4.79 Å². The number of amides is 1. The van der Waals surface area contributed by atoms with Gasteiger partial charge < -0.3 is 19.1 Å². The average molecular weight is 297 g/mol. The number of esters is 1. The van der Waals surface area contributed by atoms with Crippen LogP contribution in [0.5, 0.6) is 0 Å². The zero-order valence-corrected chi connectivity index (χ0v) is 13.1. The molecule has 1 amide bonds. The van der Waals surface area contributed by atoms with Gasteiger partial charge in [-0.1, -0.05) is 0 Å². The van der Waals surface area contributed by atoms with Crippen LogP contribution in [0.2, 0.25) is 0 Å². The molecule has 1 aliphatic carbocycles. The number of carbonyl (C=O) groups excluding carboxylic acids is 2. The molecule has 2 unspecified atom stereocenters. The van der Waals surface area contributed by atoms with E-state index in [2.05, 4.69) is 0 Å². The highest BCUT2D eigenvalue weighted by Crippen LogP contribution is 2.67. The fourth-order valence-electron chi connectivity index (χ4n) is 3.49. The van der Waals surface area contributed by atoms with Crippen molar-refractivity contribution in [3.63, 3.8) is 0 Å². The number of ether oxygens (including phenoxy) is 3. The first-order valence-electron chi connectivity index (χ1n) is 7.48. The van der Waals surface area contributed by atoms with Crippen molar-refractivity contribution in [3.05, 3.63) is 0 Å². The molecule has 0 radical (unpaired) electrons. The van der Waals surface area contributed by atoms with Gasteiger partial charge >= 0.3 is 12.1 Å². The van der Waals surface area contributed by atoms with Crippen molar-refractivity contribution in [2.45, 2.75) is 57.3 Å². The predicted octanol–water partition coefficient (Wildman–Crippen LogP) is 1.72. The van der Waals surface area contributed by atoms with Crippen LogP contribution in [0.1, 0.15) is 40.0 Å². The van der Waals surface area contributed by atoms with Crippen LogP contribution in [-0.2, 0) is 19.0 Å². The number of fused-ring (bicyclic) bond motifs is 1. The predicted molar refractivity (Wildman–Crippen MR) is 73.7 cm³/mol. The summed E-state index contributed by atoms with van der Waals surface area (Å²) in [4.78, 5) is 25.8. The van der Waals surface area contributed by atoms with Crippen LogP contribution in [0.25, 0.3) is 0 Å². The topological polar surface area (TPSA) is 68.4 Å². The third kappa shape index (κ3) is 2.20. The molecule has 2 aliphatic heterocycles. The lowest BCUT2D eigenvalue weighted by Gasteiger charge is -2.33. The van der Waals surface area contributed by atoms with E-state index >= 15 is 0 Å². The monoisotopic (exact) mass is 297 g/mol. The first kappa shape index (κ1) is 14.6. The second-order valence-corrected chi connectivity index (χ2v) is 7.25. The molecule has 0 spiro atoms. The van der Waals surface area contributed by atoms with Crippen LogP contribution in [0.15, 0.2) is 0 Å². The van der Waals surface area contributed by atoms with Gasteiger partial charge in [-0.15, -0.1) is 0 Å². The maximum atomic E-state index is 12.1. The molecule has 0 aromatic carbocycles. The van der Waals surface area contributed by atoms with Gasteiger partial charge in [-0.05, 0) is 40.0 Å². The summed E-state index contributed by atoms with van der Waals surface area (Å²) in [5, 5.41) is 0. The summed E-state index contributed by atoms with van der Waals surface area (Å²) in [5.74, 6) is -0.171. The third-order valence-corrected chi connectivity index (χ3v) is 4.74. The summed E-state index contributed by atoms with van der Waals surface area (Å²) in [5.41, 5.74) is -1.37. The third-order valence-electron chi connectivity index (χ3n) is 4.74. The number of hydrogen-bond acceptors (Lipinski definition) is 5. The Bertz CT molecular complexity index is 479. The standard InChI is InChI=1S/C15H23NO5/c1-13(2,3)21-12(18)16-8-7-15(10(9-16)20-15)14(5-6-14)11(17)19-4/h10H,5-9H2,1-4H3. The Labute approximate surface area is 124 Å². The maximum absolute atomic E-state index is 12.1. The molecule has 0 N–H and O–H groups in total. The Morgan fingerprint density at radius 3 is 2.38 bits per heavy atom. The van der Waals surface area contributed by atoms with Gasteiger partial charge in [0.15, 0.2) is 0 Å². The molecule has 0 aromatic heterocycles. The summed E-state index contributed by atoms with van der Waals surface area (Å²) < 4.78 is 16.2. The lowest BCUT2D eigenvalue weighted by Crippen LogP contribution is -2.49. The minimum absolute atomic E-state index is 0.0691. The van der Waals surface area contributed by atoms with E-state index in [1.165, 1.54) is 7.11 Å². The Kier molecular flexibility index (Phi) is 3.03. The van der Waals surface area contributed by atoms with Gasteiger partial charge in [0.25, 0.3) is 0 Å². The second kappa shape index (κ2) is 4.35. The molecule has 118 valence electrons. The van der Waals surface area contributed by atoms with Crippen molar-refractivity contribution < 1.29 is 23.8 Å². The van der Waals surface area contributed by atoms with Crippen LogP contribution in [0, 0.1) is 5.41 Å². The van der Waals surface area contributed by atoms with Crippen LogP contribution in [0.3, 0.4) is 0 Å². The molecular formula is C15H23NO5. The molecule has 0 aromatic rings. The largest absolute Gasteiger partial charge is 0.469 e. The number of methoxy groups -OCH3 is 1. The first-order valence-corrected chi connectivity index (χ1v) is 7.48. The van der Waals surface area contributed by atoms with Gasteiger partial charge in [-0.2, -0.15) is 0 Å². The van der Waals surface area contributed by atoms with Crippen molar-refractivity contribution >= 4 is 12.1 Å². The first-order chi connectivity index (χ1) is 9.74. The number of epoxide rings is 1. The minimum Gasteiger partial charge on any atom is -0.469 e. The van der Waals surface area contributed by atoms with Crippen molar-refractivity contribution in [2.24, 2.45) is 5.41 Å². The van der Waals surface area contributed by atoms with Crippen molar-refractivity contribution in [1.29, 1.82) is 0 Å². The van der Waals surface area contributed by atoms with E-state index in [4.69, 9.17) is 14.2 Å². The maximum Gasteiger partial charge on any atom is 0.410 e. The lowest BCUT2D eigenvalue weighted by molar-refractivity contribution is -0.150. The fourth-order valence-corrected chi connectivity index (χ4v) is 3.49. The van der Waals surface area contributed by atoms with E-state index in [0.29, 0.717) is 19.5 Å². The molecule has 21 heavy (non-hydrogen) atoms. The van der Waals surface area contributed by atoms with Crippen molar-refractivity contribution in [3.8, 4) is 0 Å². The summed E-state index contributed by atoms with van der Waals surface area (Å²) in [6, 6.07) is 0. The van der Waals surface area contributed by atoms with Crippen LogP contribution < -0.4 is 0 Å². The van der Waals surface area contributed by atoms with E-state index < -0.39 is 16.6 Å². The molecular weight excluding hydrogens is 274 g/mol. The summed E-state index contributed by atoms with van der Waals surface area (Å²) in [6.07, 6.45) is 1.94.